The summed E-state index contributed by atoms with van der Waals surface area (Å²) in [5.41, 5.74) is 5.93. The number of ether oxygens (including phenoxy) is 1. The summed E-state index contributed by atoms with van der Waals surface area (Å²) < 4.78 is 21.9. The molecule has 8 rings (SSSR count). The first-order chi connectivity index (χ1) is 20.9. The minimum absolute atomic E-state index is 0.0740. The molecule has 3 atom stereocenters. The Bertz CT molecular complexity index is 1940. The van der Waals surface area contributed by atoms with Crippen molar-refractivity contribution >= 4 is 39.0 Å². The number of methoxy groups -OCH3 is 1. The number of hydrogen-bond acceptors (Lipinski definition) is 5. The summed E-state index contributed by atoms with van der Waals surface area (Å²) in [4.78, 5) is 26.5. The highest BCUT2D eigenvalue weighted by molar-refractivity contribution is 7.82. The van der Waals surface area contributed by atoms with Gasteiger partial charge in [-0.2, -0.15) is 0 Å². The predicted molar refractivity (Wildman–Crippen MR) is 167 cm³/mol. The Morgan fingerprint density at radius 1 is 1.05 bits per heavy atom. The number of hydrogen-bond donors (Lipinski definition) is 1. The lowest BCUT2D eigenvalue weighted by Crippen LogP contribution is -2.37. The third-order valence-corrected chi connectivity index (χ3v) is 10.3. The van der Waals surface area contributed by atoms with Gasteiger partial charge in [-0.15, -0.1) is 0 Å². The monoisotopic (exact) mass is 594 g/mol. The molecule has 1 saturated heterocycles. The van der Waals surface area contributed by atoms with Crippen molar-refractivity contribution in [3.63, 3.8) is 0 Å². The Kier molecular flexibility index (Phi) is 6.20. The molecule has 3 unspecified atom stereocenters. The maximum atomic E-state index is 13.6. The molecule has 43 heavy (non-hydrogen) atoms. The van der Waals surface area contributed by atoms with Crippen LogP contribution in [0.1, 0.15) is 42.5 Å². The lowest BCUT2D eigenvalue weighted by Gasteiger charge is -2.27. The lowest BCUT2D eigenvalue weighted by molar-refractivity contribution is 0.0703. The third-order valence-electron chi connectivity index (χ3n) is 9.56. The van der Waals surface area contributed by atoms with Gasteiger partial charge < -0.3 is 18.8 Å². The Balaban J connectivity index is 1.23. The molecule has 3 aromatic heterocycles. The Morgan fingerprint density at radius 2 is 1.86 bits per heavy atom. The van der Waals surface area contributed by atoms with E-state index in [1.807, 2.05) is 37.4 Å². The van der Waals surface area contributed by atoms with Crippen LogP contribution in [0.4, 0.5) is 0 Å². The zero-order valence-electron chi connectivity index (χ0n) is 24.3. The van der Waals surface area contributed by atoms with Crippen LogP contribution in [0.25, 0.3) is 44.8 Å². The van der Waals surface area contributed by atoms with E-state index in [1.165, 1.54) is 19.3 Å². The topological polar surface area (TPSA) is 108 Å². The summed E-state index contributed by atoms with van der Waals surface area (Å²) in [7, 11) is 2.14. The van der Waals surface area contributed by atoms with Crippen molar-refractivity contribution < 1.29 is 13.7 Å². The maximum Gasteiger partial charge on any atom is 0.254 e. The normalized spacial score (nSPS) is 20.4. The van der Waals surface area contributed by atoms with Crippen molar-refractivity contribution in [3.05, 3.63) is 60.2 Å². The molecule has 0 radical (unpaired) electrons. The fourth-order valence-corrected chi connectivity index (χ4v) is 7.54. The van der Waals surface area contributed by atoms with Crippen LogP contribution in [-0.2, 0) is 24.6 Å². The molecule has 1 aliphatic heterocycles. The van der Waals surface area contributed by atoms with Crippen LogP contribution in [0.15, 0.2) is 59.5 Å². The third kappa shape index (κ3) is 4.46. The van der Waals surface area contributed by atoms with Gasteiger partial charge in [0.25, 0.3) is 5.91 Å². The molecule has 220 valence electrons. The van der Waals surface area contributed by atoms with E-state index in [2.05, 4.69) is 26.2 Å². The summed E-state index contributed by atoms with van der Waals surface area (Å²) in [6, 6.07) is 17.8. The van der Waals surface area contributed by atoms with E-state index in [4.69, 9.17) is 19.8 Å². The van der Waals surface area contributed by atoms with Gasteiger partial charge in [-0.05, 0) is 86.4 Å². The van der Waals surface area contributed by atoms with Gasteiger partial charge in [-0.25, -0.2) is 19.3 Å². The Morgan fingerprint density at radius 3 is 2.53 bits per heavy atom. The molecule has 10 heteroatoms. The minimum Gasteiger partial charge on any atom is -0.494 e. The highest BCUT2D eigenvalue weighted by Crippen LogP contribution is 2.40. The number of nitrogens with two attached hydrogens (primary N) is 1. The Hall–Kier alpha value is -4.02. The molecule has 2 aliphatic carbocycles. The van der Waals surface area contributed by atoms with Gasteiger partial charge >= 0.3 is 0 Å². The number of carbonyl (C=O) groups is 1. The molecule has 2 N–H and O–H groups in total. The molecule has 2 bridgehead atoms. The van der Waals surface area contributed by atoms with Gasteiger partial charge in [0, 0.05) is 42.7 Å². The Labute approximate surface area is 252 Å². The van der Waals surface area contributed by atoms with Crippen molar-refractivity contribution in [1.82, 2.24) is 24.0 Å². The number of benzene rings is 2. The van der Waals surface area contributed by atoms with E-state index in [0.717, 1.165) is 70.8 Å². The second-order valence-electron chi connectivity index (χ2n) is 12.3. The van der Waals surface area contributed by atoms with Gasteiger partial charge in [0.1, 0.15) is 27.9 Å². The van der Waals surface area contributed by atoms with Crippen LogP contribution >= 0.6 is 0 Å². The number of aryl methyl sites for hydroxylation is 1. The standard InChI is InChI=1S/C33H34N6O3S/c1-37-30-27(14-23(16-29(30)42-2)33(40)38-18-20-5-9-24(38)13-20)36-32(37)28-15-22-8-12-26(21-6-10-25(11-7-21)43(34)41)35-31(22)39(28)17-19-3-4-19/h6-8,10-12,14-16,19-20,24H,3-5,9,13,17-18,34H2,1-2H3. The first-order valence-electron chi connectivity index (χ1n) is 15.0. The number of rotatable bonds is 7. The van der Waals surface area contributed by atoms with Crippen molar-refractivity contribution in [2.24, 2.45) is 24.0 Å². The molecular weight excluding hydrogens is 560 g/mol. The zero-order chi connectivity index (χ0) is 29.4. The number of nitrogens with zero attached hydrogens (tertiary/aromatic N) is 5. The molecular formula is C33H34N6O3S. The van der Waals surface area contributed by atoms with Crippen molar-refractivity contribution in [1.29, 1.82) is 0 Å². The average Bonchev–Trinajstić information content (AvgIpc) is 3.31. The van der Waals surface area contributed by atoms with Crippen LogP contribution in [0.5, 0.6) is 5.75 Å². The van der Waals surface area contributed by atoms with Gasteiger partial charge in [-0.1, -0.05) is 12.1 Å². The van der Waals surface area contributed by atoms with Crippen LogP contribution in [0.2, 0.25) is 0 Å². The molecule has 9 nitrogen and oxygen atoms in total. The van der Waals surface area contributed by atoms with E-state index in [0.29, 0.717) is 34.1 Å². The number of imidazole rings is 1. The molecule has 0 spiro atoms. The molecule has 3 aliphatic rings. The quantitative estimate of drug-likeness (QED) is 0.276. The largest absolute Gasteiger partial charge is 0.494 e. The van der Waals surface area contributed by atoms with E-state index in [-0.39, 0.29) is 5.91 Å². The van der Waals surface area contributed by atoms with Crippen LogP contribution in [0, 0.1) is 11.8 Å². The van der Waals surface area contributed by atoms with Crippen molar-refractivity contribution in [2.75, 3.05) is 13.7 Å². The molecule has 5 aromatic rings. The second-order valence-corrected chi connectivity index (χ2v) is 13.4. The van der Waals surface area contributed by atoms with Crippen LogP contribution in [-0.4, -0.2) is 53.8 Å². The first-order valence-corrected chi connectivity index (χ1v) is 16.2. The summed E-state index contributed by atoms with van der Waals surface area (Å²) in [6.45, 7) is 1.71. The zero-order valence-corrected chi connectivity index (χ0v) is 25.1. The minimum atomic E-state index is -1.52. The smallest absolute Gasteiger partial charge is 0.254 e. The maximum absolute atomic E-state index is 13.6. The molecule has 4 heterocycles. The van der Waals surface area contributed by atoms with Gasteiger partial charge in [0.2, 0.25) is 0 Å². The van der Waals surface area contributed by atoms with Crippen LogP contribution in [0.3, 0.4) is 0 Å². The van der Waals surface area contributed by atoms with E-state index >= 15 is 0 Å². The number of piperidine rings is 1. The summed E-state index contributed by atoms with van der Waals surface area (Å²) >= 11 is 0. The van der Waals surface area contributed by atoms with Gasteiger partial charge in [0.05, 0.1) is 28.9 Å². The van der Waals surface area contributed by atoms with Crippen LogP contribution < -0.4 is 9.88 Å². The number of fused-ring (bicyclic) bond motifs is 4. The summed E-state index contributed by atoms with van der Waals surface area (Å²) in [5, 5.41) is 6.59. The number of likely N-dealkylation sites (tertiary alicyclic amines) is 1. The van der Waals surface area contributed by atoms with Crippen molar-refractivity contribution in [3.8, 4) is 28.5 Å². The summed E-state index contributed by atoms with van der Waals surface area (Å²) in [6.07, 6.45) is 5.87. The highest BCUT2D eigenvalue weighted by atomic mass is 32.2. The van der Waals surface area contributed by atoms with E-state index < -0.39 is 11.0 Å². The van der Waals surface area contributed by atoms with Gasteiger partial charge in [-0.3, -0.25) is 4.79 Å². The number of aromatic nitrogens is 4. The highest BCUT2D eigenvalue weighted by Gasteiger charge is 2.40. The molecule has 2 saturated carbocycles. The van der Waals surface area contributed by atoms with E-state index in [9.17, 15) is 9.00 Å². The second kappa shape index (κ2) is 10.0. The molecule has 1 amide bonds. The predicted octanol–water partition coefficient (Wildman–Crippen LogP) is 5.28. The first kappa shape index (κ1) is 26.6. The number of amides is 1. The fourth-order valence-electron chi connectivity index (χ4n) is 7.13. The summed E-state index contributed by atoms with van der Waals surface area (Å²) in [5.74, 6) is 2.79. The van der Waals surface area contributed by atoms with Crippen molar-refractivity contribution in [2.45, 2.75) is 49.6 Å². The van der Waals surface area contributed by atoms with Gasteiger partial charge in [0.15, 0.2) is 5.82 Å². The molecule has 3 fully saturated rings. The van der Waals surface area contributed by atoms with E-state index in [1.54, 1.807) is 19.2 Å². The average molecular weight is 595 g/mol. The molecule has 2 aromatic carbocycles. The number of pyridine rings is 1. The SMILES string of the molecule is COc1cc(C(=O)N2CC3CCC2C3)cc2nc(-c3cc4ccc(-c5ccc(S(N)=O)cc5)nc4n3CC3CC3)n(C)c12. The lowest BCUT2D eigenvalue weighted by atomic mass is 10.1. The fraction of sp³-hybridized carbons (Fsp3) is 0.364. The number of carbonyl (C=O) groups excluding carboxylic acids is 1.